The van der Waals surface area contributed by atoms with Gasteiger partial charge in [-0.05, 0) is 86.1 Å². The van der Waals surface area contributed by atoms with Crippen molar-refractivity contribution in [2.45, 2.75) is 13.8 Å². The van der Waals surface area contributed by atoms with Crippen molar-refractivity contribution in [3.63, 3.8) is 0 Å². The van der Waals surface area contributed by atoms with Crippen LogP contribution in [0.2, 0.25) is 0 Å². The number of aromatic nitrogens is 1. The van der Waals surface area contributed by atoms with Crippen LogP contribution in [0.5, 0.6) is 17.2 Å². The molecule has 3 aromatic carbocycles. The molecule has 0 spiro atoms. The number of nitrogens with one attached hydrogen (secondary N) is 2. The molecule has 5 heteroatoms. The Labute approximate surface area is 169 Å². The Balaban J connectivity index is 1.45. The van der Waals surface area contributed by atoms with Crippen LogP contribution >= 0.6 is 0 Å². The van der Waals surface area contributed by atoms with Crippen molar-refractivity contribution in [3.8, 4) is 17.2 Å². The van der Waals surface area contributed by atoms with Crippen molar-refractivity contribution in [2.24, 2.45) is 0 Å². The average Bonchev–Trinajstić information content (AvgIpc) is 3.02. The third kappa shape index (κ3) is 3.94. The first kappa shape index (κ1) is 18.6. The molecule has 5 nitrogen and oxygen atoms in total. The van der Waals surface area contributed by atoms with Gasteiger partial charge in [-0.1, -0.05) is 0 Å². The molecule has 146 valence electrons. The maximum atomic E-state index is 12.4. The van der Waals surface area contributed by atoms with Crippen molar-refractivity contribution in [1.82, 2.24) is 4.98 Å². The zero-order valence-electron chi connectivity index (χ0n) is 16.6. The maximum absolute atomic E-state index is 12.4. The highest BCUT2D eigenvalue weighted by Crippen LogP contribution is 2.29. The second-order valence-electron chi connectivity index (χ2n) is 6.89. The smallest absolute Gasteiger partial charge is 0.255 e. The number of H-pyrrole nitrogens is 1. The van der Waals surface area contributed by atoms with Gasteiger partial charge in [-0.25, -0.2) is 0 Å². The minimum Gasteiger partial charge on any atom is -0.497 e. The monoisotopic (exact) mass is 386 g/mol. The summed E-state index contributed by atoms with van der Waals surface area (Å²) in [5.74, 6) is 2.00. The van der Waals surface area contributed by atoms with E-state index in [0.717, 1.165) is 28.1 Å². The minimum absolute atomic E-state index is 0.179. The molecule has 4 rings (SSSR count). The van der Waals surface area contributed by atoms with E-state index in [4.69, 9.17) is 9.47 Å². The van der Waals surface area contributed by atoms with Crippen molar-refractivity contribution in [2.75, 3.05) is 12.4 Å². The first-order valence-corrected chi connectivity index (χ1v) is 9.36. The van der Waals surface area contributed by atoms with Gasteiger partial charge in [0, 0.05) is 27.8 Å². The molecule has 1 amide bonds. The first-order chi connectivity index (χ1) is 14.0. The molecule has 0 bridgehead atoms. The summed E-state index contributed by atoms with van der Waals surface area (Å²) in [6.45, 7) is 4.15. The molecule has 4 aromatic rings. The molecule has 0 atom stereocenters. The lowest BCUT2D eigenvalue weighted by atomic mass is 10.1. The number of anilines is 1. The predicted octanol–water partition coefficient (Wildman–Crippen LogP) is 5.84. The fourth-order valence-electron chi connectivity index (χ4n) is 3.19. The van der Waals surface area contributed by atoms with E-state index in [1.165, 1.54) is 5.56 Å². The van der Waals surface area contributed by atoms with Gasteiger partial charge in [0.05, 0.1) is 7.11 Å². The molecule has 0 radical (unpaired) electrons. The Kier molecular flexibility index (Phi) is 4.96. The summed E-state index contributed by atoms with van der Waals surface area (Å²) in [5.41, 5.74) is 4.74. The lowest BCUT2D eigenvalue weighted by Gasteiger charge is -2.09. The standard InChI is InChI=1S/C24H22N2O3/c1-15-16(2)25-23-13-12-21(14-22(15)23)29-20-8-4-17(5-9-20)24(27)26-18-6-10-19(28-3)11-7-18/h4-14,25H,1-3H3,(H,26,27). The number of carbonyl (C=O) groups excluding carboxylic acids is 1. The lowest BCUT2D eigenvalue weighted by molar-refractivity contribution is 0.102. The van der Waals surface area contributed by atoms with Crippen LogP contribution in [0.4, 0.5) is 5.69 Å². The number of fused-ring (bicyclic) bond motifs is 1. The summed E-state index contributed by atoms with van der Waals surface area (Å²) in [4.78, 5) is 15.8. The highest BCUT2D eigenvalue weighted by molar-refractivity contribution is 6.04. The van der Waals surface area contributed by atoms with Crippen LogP contribution in [-0.2, 0) is 0 Å². The molecule has 1 aromatic heterocycles. The van der Waals surface area contributed by atoms with Crippen LogP contribution in [0.25, 0.3) is 10.9 Å². The van der Waals surface area contributed by atoms with E-state index in [1.54, 1.807) is 55.6 Å². The number of rotatable bonds is 5. The van der Waals surface area contributed by atoms with Gasteiger partial charge in [0.1, 0.15) is 17.2 Å². The summed E-state index contributed by atoms with van der Waals surface area (Å²) in [6, 6.07) is 20.3. The quantitative estimate of drug-likeness (QED) is 0.453. The van der Waals surface area contributed by atoms with Gasteiger partial charge in [-0.3, -0.25) is 4.79 Å². The van der Waals surface area contributed by atoms with E-state index in [2.05, 4.69) is 24.1 Å². The van der Waals surface area contributed by atoms with Crippen molar-refractivity contribution >= 4 is 22.5 Å². The van der Waals surface area contributed by atoms with Crippen LogP contribution in [-0.4, -0.2) is 18.0 Å². The van der Waals surface area contributed by atoms with Gasteiger partial charge in [-0.2, -0.15) is 0 Å². The Hall–Kier alpha value is -3.73. The Morgan fingerprint density at radius 3 is 2.21 bits per heavy atom. The average molecular weight is 386 g/mol. The zero-order chi connectivity index (χ0) is 20.4. The molecule has 0 aliphatic carbocycles. The molecule has 0 unspecified atom stereocenters. The molecule has 29 heavy (non-hydrogen) atoms. The van der Waals surface area contributed by atoms with E-state index in [9.17, 15) is 4.79 Å². The number of amides is 1. The number of methoxy groups -OCH3 is 1. The second-order valence-corrected chi connectivity index (χ2v) is 6.89. The van der Waals surface area contributed by atoms with E-state index < -0.39 is 0 Å². The Morgan fingerprint density at radius 2 is 1.52 bits per heavy atom. The van der Waals surface area contributed by atoms with Gasteiger partial charge < -0.3 is 19.8 Å². The molecule has 2 N–H and O–H groups in total. The number of carbonyl (C=O) groups is 1. The summed E-state index contributed by atoms with van der Waals surface area (Å²) < 4.78 is 11.1. The number of ether oxygens (including phenoxy) is 2. The number of aryl methyl sites for hydroxylation is 2. The van der Waals surface area contributed by atoms with Crippen molar-refractivity contribution < 1.29 is 14.3 Å². The van der Waals surface area contributed by atoms with Crippen molar-refractivity contribution in [1.29, 1.82) is 0 Å². The summed E-state index contributed by atoms with van der Waals surface area (Å²) in [5, 5.41) is 4.02. The molecule has 0 saturated carbocycles. The van der Waals surface area contributed by atoms with Gasteiger partial charge in [0.25, 0.3) is 5.91 Å². The lowest BCUT2D eigenvalue weighted by Crippen LogP contribution is -2.11. The Morgan fingerprint density at radius 1 is 0.862 bits per heavy atom. The molecule has 0 aliphatic heterocycles. The summed E-state index contributed by atoms with van der Waals surface area (Å²) in [7, 11) is 1.61. The summed E-state index contributed by atoms with van der Waals surface area (Å²) in [6.07, 6.45) is 0. The third-order valence-electron chi connectivity index (χ3n) is 4.98. The first-order valence-electron chi connectivity index (χ1n) is 9.36. The fourth-order valence-corrected chi connectivity index (χ4v) is 3.19. The topological polar surface area (TPSA) is 63.4 Å². The molecule has 0 fully saturated rings. The second kappa shape index (κ2) is 7.72. The van der Waals surface area contributed by atoms with Gasteiger partial charge in [-0.15, -0.1) is 0 Å². The van der Waals surface area contributed by atoms with Crippen molar-refractivity contribution in [3.05, 3.63) is 83.6 Å². The normalized spacial score (nSPS) is 10.7. The van der Waals surface area contributed by atoms with Crippen LogP contribution in [0.15, 0.2) is 66.7 Å². The van der Waals surface area contributed by atoms with Gasteiger partial charge in [0.2, 0.25) is 0 Å². The number of hydrogen-bond acceptors (Lipinski definition) is 3. The highest BCUT2D eigenvalue weighted by atomic mass is 16.5. The molecular weight excluding hydrogens is 364 g/mol. The number of aromatic amines is 1. The SMILES string of the molecule is COc1ccc(NC(=O)c2ccc(Oc3ccc4[nH]c(C)c(C)c4c3)cc2)cc1. The van der Waals surface area contributed by atoms with Crippen LogP contribution in [0.1, 0.15) is 21.6 Å². The van der Waals surface area contributed by atoms with E-state index in [0.29, 0.717) is 17.0 Å². The van der Waals surface area contributed by atoms with E-state index >= 15 is 0 Å². The largest absolute Gasteiger partial charge is 0.497 e. The summed E-state index contributed by atoms with van der Waals surface area (Å²) >= 11 is 0. The number of benzene rings is 3. The fraction of sp³-hybridized carbons (Fsp3) is 0.125. The van der Waals surface area contributed by atoms with Gasteiger partial charge >= 0.3 is 0 Å². The van der Waals surface area contributed by atoms with Gasteiger partial charge in [0.15, 0.2) is 0 Å². The zero-order valence-corrected chi connectivity index (χ0v) is 16.6. The third-order valence-corrected chi connectivity index (χ3v) is 4.98. The molecule has 1 heterocycles. The van der Waals surface area contributed by atoms with E-state index in [-0.39, 0.29) is 5.91 Å². The van der Waals surface area contributed by atoms with Crippen LogP contribution in [0.3, 0.4) is 0 Å². The molecule has 0 aliphatic rings. The van der Waals surface area contributed by atoms with Crippen LogP contribution in [0, 0.1) is 13.8 Å². The van der Waals surface area contributed by atoms with E-state index in [1.807, 2.05) is 18.2 Å². The minimum atomic E-state index is -0.179. The maximum Gasteiger partial charge on any atom is 0.255 e. The highest BCUT2D eigenvalue weighted by Gasteiger charge is 2.09. The Bertz CT molecular complexity index is 1160. The molecular formula is C24H22N2O3. The van der Waals surface area contributed by atoms with Crippen LogP contribution < -0.4 is 14.8 Å². The molecule has 0 saturated heterocycles. The predicted molar refractivity (Wildman–Crippen MR) is 115 cm³/mol. The number of hydrogen-bond donors (Lipinski definition) is 2.